The molecule has 0 aromatic heterocycles. The monoisotopic (exact) mass is 593 g/mol. The maximum atomic E-state index is 14.2. The first kappa shape index (κ1) is 30.6. The Hall–Kier alpha value is -3.90. The second-order valence-electron chi connectivity index (χ2n) is 12.5. The molecule has 0 unspecified atom stereocenters. The van der Waals surface area contributed by atoms with E-state index >= 15 is 0 Å². The van der Waals surface area contributed by atoms with Crippen LogP contribution in [0.25, 0.3) is 11.1 Å². The van der Waals surface area contributed by atoms with E-state index in [4.69, 9.17) is 10.5 Å². The number of allylic oxidation sites excluding steroid dienone is 1. The van der Waals surface area contributed by atoms with E-state index in [-0.39, 0.29) is 29.7 Å². The van der Waals surface area contributed by atoms with Gasteiger partial charge in [-0.25, -0.2) is 0 Å². The minimum absolute atomic E-state index is 0.0226. The molecule has 0 spiro atoms. The maximum Gasteiger partial charge on any atom is 0.251 e. The molecule has 0 saturated carbocycles. The van der Waals surface area contributed by atoms with Crippen molar-refractivity contribution in [2.75, 3.05) is 35.3 Å². The number of nitrogens with zero attached hydrogens (tertiary/aromatic N) is 2. The lowest BCUT2D eigenvalue weighted by atomic mass is 9.54. The van der Waals surface area contributed by atoms with Gasteiger partial charge in [0.2, 0.25) is 0 Å². The molecule has 7 N–H and O–H groups in total. The Morgan fingerprint density at radius 2 is 1.74 bits per heavy atom. The highest BCUT2D eigenvalue weighted by molar-refractivity contribution is 6.14. The van der Waals surface area contributed by atoms with Crippen LogP contribution in [-0.2, 0) is 17.8 Å². The Balaban J connectivity index is 1.74. The predicted octanol–water partition coefficient (Wildman–Crippen LogP) is 2.04. The highest BCUT2D eigenvalue weighted by Gasteiger charge is 2.68. The van der Waals surface area contributed by atoms with Gasteiger partial charge in [-0.05, 0) is 88.8 Å². The van der Waals surface area contributed by atoms with E-state index in [0.29, 0.717) is 23.4 Å². The number of fused-ring (bicyclic) bond motifs is 3. The van der Waals surface area contributed by atoms with Crippen LogP contribution in [0.2, 0.25) is 0 Å². The highest BCUT2D eigenvalue weighted by Crippen LogP contribution is 2.57. The summed E-state index contributed by atoms with van der Waals surface area (Å²) in [6.07, 6.45) is 0.260. The molecule has 0 saturated heterocycles. The summed E-state index contributed by atoms with van der Waals surface area (Å²) in [4.78, 5) is 30.2. The number of carbonyl (C=O) groups excluding carboxylic acids is 2. The molecule has 0 fully saturated rings. The molecular weight excluding hydrogens is 554 g/mol. The van der Waals surface area contributed by atoms with Crippen molar-refractivity contribution in [3.8, 4) is 22.6 Å². The fourth-order valence-electron chi connectivity index (χ4n) is 7.51. The maximum absolute atomic E-state index is 14.2. The number of Topliss-reactive ketones (excluding diaryl/α,β-unsaturated/α-hetero) is 1. The van der Waals surface area contributed by atoms with E-state index in [1.165, 1.54) is 6.07 Å². The number of phenols is 1. The Morgan fingerprint density at radius 1 is 1.07 bits per heavy atom. The largest absolute Gasteiger partial charge is 0.510 e. The van der Waals surface area contributed by atoms with Crippen molar-refractivity contribution in [3.63, 3.8) is 0 Å². The molecule has 3 aliphatic rings. The Labute approximate surface area is 250 Å². The van der Waals surface area contributed by atoms with Crippen molar-refractivity contribution in [1.29, 1.82) is 0 Å². The third-order valence-electron chi connectivity index (χ3n) is 9.31. The van der Waals surface area contributed by atoms with Crippen LogP contribution in [0.3, 0.4) is 0 Å². The van der Waals surface area contributed by atoms with Crippen LogP contribution in [0, 0.1) is 11.8 Å². The van der Waals surface area contributed by atoms with Gasteiger partial charge in [0.1, 0.15) is 28.6 Å². The van der Waals surface area contributed by atoms with E-state index in [1.54, 1.807) is 32.2 Å². The zero-order valence-electron chi connectivity index (χ0n) is 25.2. The van der Waals surface area contributed by atoms with Crippen LogP contribution in [0.5, 0.6) is 11.5 Å². The smallest absolute Gasteiger partial charge is 0.251 e. The Kier molecular flexibility index (Phi) is 7.37. The second kappa shape index (κ2) is 10.4. The zero-order chi connectivity index (χ0) is 31.8. The van der Waals surface area contributed by atoms with Gasteiger partial charge in [0.25, 0.3) is 5.91 Å². The van der Waals surface area contributed by atoms with Crippen molar-refractivity contribution in [1.82, 2.24) is 9.80 Å². The first-order chi connectivity index (χ1) is 20.1. The van der Waals surface area contributed by atoms with Gasteiger partial charge in [-0.2, -0.15) is 0 Å². The molecule has 5 atom stereocenters. The molecule has 2 aromatic rings. The molecule has 11 nitrogen and oxygen atoms in total. The molecule has 43 heavy (non-hydrogen) atoms. The molecule has 11 heteroatoms. The van der Waals surface area contributed by atoms with Crippen molar-refractivity contribution in [3.05, 3.63) is 69.7 Å². The van der Waals surface area contributed by atoms with Crippen LogP contribution in [0.4, 0.5) is 0 Å². The Morgan fingerprint density at radius 3 is 2.33 bits per heavy atom. The topological polar surface area (TPSA) is 177 Å². The number of rotatable bonds is 6. The fraction of sp³-hybridized carbons (Fsp3) is 0.438. The molecule has 0 aliphatic heterocycles. The predicted molar refractivity (Wildman–Crippen MR) is 159 cm³/mol. The SMILES string of the molecule is COc1ccc(CN(C)C)cc1-c1ccc(O)c2c1C[C@H]1C[C@H]3[C@H](N(C)C)C(O)=C(C(N)=O)[C@](C)(O)[C@@]3(O)C(O)=C1C2=O. The van der Waals surface area contributed by atoms with Gasteiger partial charge in [-0.3, -0.25) is 14.5 Å². The summed E-state index contributed by atoms with van der Waals surface area (Å²) in [5.74, 6) is -4.58. The van der Waals surface area contributed by atoms with Crippen LogP contribution in [0.15, 0.2) is 53.0 Å². The number of aliphatic hydroxyl groups is 4. The van der Waals surface area contributed by atoms with Crippen molar-refractivity contribution >= 4 is 11.7 Å². The summed E-state index contributed by atoms with van der Waals surface area (Å²) >= 11 is 0. The number of nitrogens with two attached hydrogens (primary N) is 1. The Bertz CT molecular complexity index is 1590. The minimum Gasteiger partial charge on any atom is -0.510 e. The van der Waals surface area contributed by atoms with Gasteiger partial charge < -0.3 is 40.9 Å². The second-order valence-corrected chi connectivity index (χ2v) is 12.5. The molecular formula is C32H39N3O8. The number of hydrogen-bond acceptors (Lipinski definition) is 10. The zero-order valence-corrected chi connectivity index (χ0v) is 25.2. The number of amides is 1. The molecule has 5 rings (SSSR count). The number of likely N-dealkylation sites (N-methyl/N-ethyl adjacent to an activating group) is 1. The van der Waals surface area contributed by atoms with Crippen LogP contribution >= 0.6 is 0 Å². The highest BCUT2D eigenvalue weighted by atomic mass is 16.5. The molecule has 0 heterocycles. The van der Waals surface area contributed by atoms with Gasteiger partial charge in [0.15, 0.2) is 11.4 Å². The van der Waals surface area contributed by atoms with E-state index in [9.17, 15) is 35.1 Å². The number of phenolic OH excluding ortho intramolecular Hbond substituents is 1. The van der Waals surface area contributed by atoms with Crippen LogP contribution < -0.4 is 10.5 Å². The number of benzene rings is 2. The third-order valence-corrected chi connectivity index (χ3v) is 9.31. The number of primary amides is 1. The summed E-state index contributed by atoms with van der Waals surface area (Å²) in [6, 6.07) is 7.92. The summed E-state index contributed by atoms with van der Waals surface area (Å²) in [6.45, 7) is 1.75. The van der Waals surface area contributed by atoms with Crippen molar-refractivity contribution < 1.29 is 39.9 Å². The van der Waals surface area contributed by atoms with Gasteiger partial charge in [0, 0.05) is 23.6 Å². The molecule has 3 aliphatic carbocycles. The molecule has 1 amide bonds. The molecule has 0 radical (unpaired) electrons. The summed E-state index contributed by atoms with van der Waals surface area (Å²) < 4.78 is 5.67. The third kappa shape index (κ3) is 4.33. The lowest BCUT2D eigenvalue weighted by Gasteiger charge is -2.56. The van der Waals surface area contributed by atoms with E-state index < -0.39 is 57.9 Å². The van der Waals surface area contributed by atoms with E-state index in [1.807, 2.05) is 37.2 Å². The van der Waals surface area contributed by atoms with E-state index in [2.05, 4.69) is 0 Å². The number of hydrogen-bond donors (Lipinski definition) is 6. The van der Waals surface area contributed by atoms with Crippen LogP contribution in [-0.4, -0.2) is 99.6 Å². The normalized spacial score (nSPS) is 28.6. The van der Waals surface area contributed by atoms with Crippen LogP contribution in [0.1, 0.15) is 34.8 Å². The fourth-order valence-corrected chi connectivity index (χ4v) is 7.51. The number of aromatic hydroxyl groups is 1. The number of aliphatic hydroxyl groups excluding tert-OH is 2. The number of carbonyl (C=O) groups is 2. The van der Waals surface area contributed by atoms with Crippen molar-refractivity contribution in [2.24, 2.45) is 17.6 Å². The lowest BCUT2D eigenvalue weighted by molar-refractivity contribution is -0.183. The van der Waals surface area contributed by atoms with Gasteiger partial charge in [-0.15, -0.1) is 0 Å². The quantitative estimate of drug-likeness (QED) is 0.291. The molecule has 0 bridgehead atoms. The first-order valence-electron chi connectivity index (χ1n) is 14.1. The minimum atomic E-state index is -2.55. The van der Waals surface area contributed by atoms with Gasteiger partial charge in [-0.1, -0.05) is 12.1 Å². The molecule has 2 aromatic carbocycles. The average Bonchev–Trinajstić information content (AvgIpc) is 2.90. The van der Waals surface area contributed by atoms with E-state index in [0.717, 1.165) is 18.1 Å². The lowest BCUT2D eigenvalue weighted by Crippen LogP contribution is -2.70. The summed E-state index contributed by atoms with van der Waals surface area (Å²) in [5, 5.41) is 57.6. The van der Waals surface area contributed by atoms with Gasteiger partial charge >= 0.3 is 0 Å². The average molecular weight is 594 g/mol. The molecule has 230 valence electrons. The van der Waals surface area contributed by atoms with Gasteiger partial charge in [0.05, 0.1) is 24.3 Å². The number of ketones is 1. The standard InChI is InChI=1S/C32H39N3O8/c1-31(41)25(30(33)40)28(38)26(35(4)5)20-13-16-12-19-17(18-11-15(14-34(2)3)7-10-22(18)43-6)8-9-21(36)24(19)27(37)23(16)29(39)32(20,31)42/h7-11,16,20,26,36,38-39,41-42H,12-14H2,1-6H3,(H2,33,40)/t16-,20-,26-,31-,32-/m0/s1. The van der Waals surface area contributed by atoms with Crippen molar-refractivity contribution in [2.45, 2.75) is 43.6 Å². The summed E-state index contributed by atoms with van der Waals surface area (Å²) in [5.41, 5.74) is 2.61. The number of methoxy groups -OCH3 is 1. The summed E-state index contributed by atoms with van der Waals surface area (Å²) in [7, 11) is 8.72. The first-order valence-corrected chi connectivity index (χ1v) is 14.1. The number of ether oxygens (including phenoxy) is 1.